The average molecular weight is 416 g/mol. The van der Waals surface area contributed by atoms with Crippen molar-refractivity contribution in [2.75, 3.05) is 7.05 Å². The van der Waals surface area contributed by atoms with Gasteiger partial charge in [0.1, 0.15) is 6.54 Å². The second-order valence-corrected chi connectivity index (χ2v) is 6.82. The van der Waals surface area contributed by atoms with Gasteiger partial charge in [0.15, 0.2) is 10.6 Å². The Kier molecular flexibility index (Phi) is 6.23. The van der Waals surface area contributed by atoms with E-state index in [1.54, 1.807) is 41.9 Å². The summed E-state index contributed by atoms with van der Waals surface area (Å²) in [6.07, 6.45) is 0. The highest BCUT2D eigenvalue weighted by molar-refractivity contribution is 7.71. The summed E-state index contributed by atoms with van der Waals surface area (Å²) in [4.78, 5) is 24.1. The van der Waals surface area contributed by atoms with Crippen molar-refractivity contribution in [3.63, 3.8) is 0 Å². The second-order valence-electron chi connectivity index (χ2n) is 6.00. The van der Waals surface area contributed by atoms with E-state index in [4.69, 9.17) is 23.8 Å². The number of hydrogen-bond donors (Lipinski definition) is 3. The lowest BCUT2D eigenvalue weighted by atomic mass is 10.1. The summed E-state index contributed by atoms with van der Waals surface area (Å²) >= 11 is 11.2. The maximum absolute atomic E-state index is 12.4. The van der Waals surface area contributed by atoms with Gasteiger partial charge in [0.2, 0.25) is 5.91 Å². The molecule has 2 aromatic carbocycles. The van der Waals surface area contributed by atoms with Gasteiger partial charge in [-0.2, -0.15) is 5.10 Å². The summed E-state index contributed by atoms with van der Waals surface area (Å²) in [5, 5.41) is 12.9. The number of benzene rings is 2. The fraction of sp³-hybridized carbons (Fsp3) is 0.158. The first-order valence-electron chi connectivity index (χ1n) is 8.47. The highest BCUT2D eigenvalue weighted by Gasteiger charge is 2.12. The normalized spacial score (nSPS) is 10.5. The molecule has 0 unspecified atom stereocenters. The van der Waals surface area contributed by atoms with Gasteiger partial charge in [-0.15, -0.1) is 0 Å². The van der Waals surface area contributed by atoms with Gasteiger partial charge >= 0.3 is 0 Å². The van der Waals surface area contributed by atoms with Crippen LogP contribution in [-0.2, 0) is 17.9 Å². The van der Waals surface area contributed by atoms with Crippen LogP contribution >= 0.6 is 23.8 Å². The fourth-order valence-electron chi connectivity index (χ4n) is 2.65. The van der Waals surface area contributed by atoms with Crippen LogP contribution in [0.1, 0.15) is 15.9 Å². The zero-order valence-corrected chi connectivity index (χ0v) is 16.6. The molecule has 0 saturated heterocycles. The van der Waals surface area contributed by atoms with Crippen molar-refractivity contribution in [2.45, 2.75) is 13.1 Å². The van der Waals surface area contributed by atoms with Crippen LogP contribution in [0.2, 0.25) is 5.02 Å². The van der Waals surface area contributed by atoms with Crippen molar-refractivity contribution in [3.8, 4) is 11.4 Å². The number of nitrogens with zero attached hydrogens (tertiary/aromatic N) is 2. The van der Waals surface area contributed by atoms with Gasteiger partial charge in [0, 0.05) is 29.7 Å². The van der Waals surface area contributed by atoms with Crippen LogP contribution in [0, 0.1) is 4.77 Å². The van der Waals surface area contributed by atoms with Crippen molar-refractivity contribution in [2.24, 2.45) is 0 Å². The molecule has 3 rings (SSSR count). The first-order chi connectivity index (χ1) is 13.5. The van der Waals surface area contributed by atoms with Crippen LogP contribution in [0.5, 0.6) is 0 Å². The minimum atomic E-state index is -0.224. The number of rotatable bonds is 6. The number of amides is 2. The van der Waals surface area contributed by atoms with Crippen molar-refractivity contribution >= 4 is 35.6 Å². The van der Waals surface area contributed by atoms with Crippen molar-refractivity contribution in [3.05, 3.63) is 69.5 Å². The number of aromatic amines is 1. The largest absolute Gasteiger partial charge is 0.355 e. The van der Waals surface area contributed by atoms with Crippen LogP contribution in [0.3, 0.4) is 0 Å². The Morgan fingerprint density at radius 3 is 2.68 bits per heavy atom. The summed E-state index contributed by atoms with van der Waals surface area (Å²) in [5.74, 6) is 0.155. The molecule has 3 N–H and O–H groups in total. The van der Waals surface area contributed by atoms with Gasteiger partial charge in [0.05, 0.1) is 0 Å². The Morgan fingerprint density at radius 1 is 1.21 bits per heavy atom. The van der Waals surface area contributed by atoms with Crippen LogP contribution in [0.25, 0.3) is 11.4 Å². The molecule has 0 aliphatic rings. The number of halogens is 1. The highest BCUT2D eigenvalue weighted by Crippen LogP contribution is 2.19. The fourth-order valence-corrected chi connectivity index (χ4v) is 2.97. The molecule has 1 aromatic heterocycles. The Hall–Kier alpha value is -2.97. The first kappa shape index (κ1) is 19.8. The lowest BCUT2D eigenvalue weighted by Crippen LogP contribution is -2.27. The highest BCUT2D eigenvalue weighted by atomic mass is 35.5. The Bertz CT molecular complexity index is 1060. The summed E-state index contributed by atoms with van der Waals surface area (Å²) in [6.45, 7) is 0.313. The summed E-state index contributed by atoms with van der Waals surface area (Å²) in [6, 6.07) is 14.2. The Balaban J connectivity index is 1.69. The van der Waals surface area contributed by atoms with Crippen LogP contribution in [-0.4, -0.2) is 33.6 Å². The molecule has 0 spiro atoms. The minimum absolute atomic E-state index is 0.0163. The number of H-pyrrole nitrogens is 1. The maximum atomic E-state index is 12.4. The third-order valence-corrected chi connectivity index (χ3v) is 4.63. The molecule has 2 amide bonds. The van der Waals surface area contributed by atoms with Gasteiger partial charge in [-0.1, -0.05) is 23.7 Å². The van der Waals surface area contributed by atoms with Crippen molar-refractivity contribution in [1.82, 2.24) is 25.4 Å². The predicted octanol–water partition coefficient (Wildman–Crippen LogP) is 2.94. The summed E-state index contributed by atoms with van der Waals surface area (Å²) in [5.41, 5.74) is 2.15. The number of nitrogens with one attached hydrogen (secondary N) is 3. The number of hydrogen-bond acceptors (Lipinski definition) is 4. The first-order valence-corrected chi connectivity index (χ1v) is 9.25. The molecule has 0 radical (unpaired) electrons. The number of aromatic nitrogens is 3. The predicted molar refractivity (Wildman–Crippen MR) is 110 cm³/mol. The van der Waals surface area contributed by atoms with Crippen molar-refractivity contribution in [1.29, 1.82) is 0 Å². The van der Waals surface area contributed by atoms with E-state index in [9.17, 15) is 9.59 Å². The third-order valence-electron chi connectivity index (χ3n) is 4.07. The third kappa shape index (κ3) is 4.65. The van der Waals surface area contributed by atoms with Crippen molar-refractivity contribution < 1.29 is 9.59 Å². The van der Waals surface area contributed by atoms with E-state index >= 15 is 0 Å². The van der Waals surface area contributed by atoms with Gasteiger partial charge in [-0.25, -0.2) is 0 Å². The van der Waals surface area contributed by atoms with E-state index in [-0.39, 0.29) is 18.4 Å². The second kappa shape index (κ2) is 8.81. The quantitative estimate of drug-likeness (QED) is 0.540. The van der Waals surface area contributed by atoms with Crippen LogP contribution in [0.4, 0.5) is 0 Å². The minimum Gasteiger partial charge on any atom is -0.355 e. The zero-order valence-electron chi connectivity index (χ0n) is 15.0. The van der Waals surface area contributed by atoms with E-state index in [0.29, 0.717) is 27.7 Å². The van der Waals surface area contributed by atoms with Gasteiger partial charge in [-0.05, 0) is 54.2 Å². The maximum Gasteiger partial charge on any atom is 0.251 e. The van der Waals surface area contributed by atoms with Crippen LogP contribution < -0.4 is 10.6 Å². The number of carbonyl (C=O) groups excluding carboxylic acids is 2. The molecule has 0 aliphatic heterocycles. The Morgan fingerprint density at radius 2 is 1.96 bits per heavy atom. The molecule has 0 aliphatic carbocycles. The molecule has 0 bridgehead atoms. The van der Waals surface area contributed by atoms with Crippen LogP contribution in [0.15, 0.2) is 48.5 Å². The lowest BCUT2D eigenvalue weighted by Gasteiger charge is -2.09. The van der Waals surface area contributed by atoms with E-state index in [0.717, 1.165) is 11.1 Å². The smallest absolute Gasteiger partial charge is 0.251 e. The van der Waals surface area contributed by atoms with Gasteiger partial charge in [0.25, 0.3) is 5.91 Å². The standard InChI is InChI=1S/C19H18ClN5O2S/c1-21-18(27)14-4-2-3-12(9-14)10-22-16(26)11-25-17(23-24-19(25)28)13-5-7-15(20)8-6-13/h2-9H,10-11H2,1H3,(H,21,27)(H,22,26)(H,24,28). The molecule has 9 heteroatoms. The molecule has 7 nitrogen and oxygen atoms in total. The molecule has 0 atom stereocenters. The number of carbonyl (C=O) groups is 2. The molecule has 0 saturated carbocycles. The SMILES string of the molecule is CNC(=O)c1cccc(CNC(=O)Cn2c(-c3ccc(Cl)cc3)n[nH]c2=S)c1. The molecule has 144 valence electrons. The zero-order chi connectivity index (χ0) is 20.1. The molecule has 28 heavy (non-hydrogen) atoms. The Labute approximate surface area is 171 Å². The van der Waals surface area contributed by atoms with E-state index < -0.39 is 0 Å². The van der Waals surface area contributed by atoms with E-state index in [1.165, 1.54) is 0 Å². The summed E-state index contributed by atoms with van der Waals surface area (Å²) < 4.78 is 1.97. The molecular weight excluding hydrogens is 398 g/mol. The topological polar surface area (TPSA) is 91.8 Å². The molecule has 1 heterocycles. The lowest BCUT2D eigenvalue weighted by molar-refractivity contribution is -0.121. The van der Waals surface area contributed by atoms with E-state index in [1.807, 2.05) is 18.2 Å². The molecular formula is C19H18ClN5O2S. The van der Waals surface area contributed by atoms with E-state index in [2.05, 4.69) is 20.8 Å². The van der Waals surface area contributed by atoms with Gasteiger partial charge < -0.3 is 10.6 Å². The molecule has 0 fully saturated rings. The molecule has 3 aromatic rings. The van der Waals surface area contributed by atoms with Gasteiger partial charge in [-0.3, -0.25) is 19.3 Å². The average Bonchev–Trinajstić information content (AvgIpc) is 3.07. The monoisotopic (exact) mass is 415 g/mol. The summed E-state index contributed by atoms with van der Waals surface area (Å²) in [7, 11) is 1.57.